The van der Waals surface area contributed by atoms with E-state index in [0.29, 0.717) is 33.8 Å². The predicted molar refractivity (Wildman–Crippen MR) is 146 cm³/mol. The lowest BCUT2D eigenvalue weighted by molar-refractivity contribution is -0.122. The van der Waals surface area contributed by atoms with E-state index in [-0.39, 0.29) is 23.8 Å². The van der Waals surface area contributed by atoms with Gasteiger partial charge in [0.15, 0.2) is 18.1 Å². The Labute approximate surface area is 227 Å². The van der Waals surface area contributed by atoms with Crippen LogP contribution in [0.25, 0.3) is 6.08 Å². The van der Waals surface area contributed by atoms with Crippen LogP contribution >= 0.6 is 15.9 Å². The number of rotatable bonds is 8. The second-order valence-corrected chi connectivity index (χ2v) is 9.12. The number of imide groups is 2. The maximum atomic E-state index is 13.1. The normalized spacial score (nSPS) is 14.3. The minimum Gasteiger partial charge on any atom is -0.490 e. The second kappa shape index (κ2) is 11.7. The SMILES string of the molecule is CCOc1cc(/C=C2\C(=O)NC(=O)N(c3ccccc3)C2=O)cc(Br)c1OCC(=O)Nc1cccc(C)c1. The van der Waals surface area contributed by atoms with Crippen molar-refractivity contribution in [1.29, 1.82) is 0 Å². The number of halogens is 1. The Kier molecular flexibility index (Phi) is 8.22. The molecule has 1 saturated heterocycles. The van der Waals surface area contributed by atoms with Crippen molar-refractivity contribution in [2.24, 2.45) is 0 Å². The van der Waals surface area contributed by atoms with Gasteiger partial charge in [-0.25, -0.2) is 9.69 Å². The molecule has 0 bridgehead atoms. The molecule has 9 nitrogen and oxygen atoms in total. The molecule has 1 aliphatic rings. The van der Waals surface area contributed by atoms with E-state index in [2.05, 4.69) is 26.6 Å². The molecule has 2 N–H and O–H groups in total. The number of barbiturate groups is 1. The Morgan fingerprint density at radius 1 is 1.03 bits per heavy atom. The predicted octanol–water partition coefficient (Wildman–Crippen LogP) is 4.84. The summed E-state index contributed by atoms with van der Waals surface area (Å²) >= 11 is 3.43. The molecular weight excluding hydrogens is 554 g/mol. The fourth-order valence-electron chi connectivity index (χ4n) is 3.77. The van der Waals surface area contributed by atoms with Crippen LogP contribution in [0.2, 0.25) is 0 Å². The van der Waals surface area contributed by atoms with Crippen LogP contribution in [-0.4, -0.2) is 37.0 Å². The zero-order valence-corrected chi connectivity index (χ0v) is 22.2. The lowest BCUT2D eigenvalue weighted by Gasteiger charge is -2.26. The van der Waals surface area contributed by atoms with E-state index in [1.54, 1.807) is 55.5 Å². The highest BCUT2D eigenvalue weighted by atomic mass is 79.9. The summed E-state index contributed by atoms with van der Waals surface area (Å²) in [6.07, 6.45) is 1.36. The number of ether oxygens (including phenoxy) is 2. The highest BCUT2D eigenvalue weighted by Crippen LogP contribution is 2.38. The van der Waals surface area contributed by atoms with Gasteiger partial charge in [-0.05, 0) is 83.4 Å². The van der Waals surface area contributed by atoms with Gasteiger partial charge in [-0.3, -0.25) is 19.7 Å². The first kappa shape index (κ1) is 26.6. The monoisotopic (exact) mass is 577 g/mol. The lowest BCUT2D eigenvalue weighted by atomic mass is 10.1. The minimum atomic E-state index is -0.827. The average molecular weight is 578 g/mol. The number of hydrogen-bond acceptors (Lipinski definition) is 6. The number of aryl methyl sites for hydroxylation is 1. The molecule has 0 aromatic heterocycles. The highest BCUT2D eigenvalue weighted by molar-refractivity contribution is 9.10. The molecule has 3 aromatic rings. The number of amides is 5. The van der Waals surface area contributed by atoms with Crippen molar-refractivity contribution in [3.05, 3.63) is 87.9 Å². The Morgan fingerprint density at radius 3 is 2.50 bits per heavy atom. The standard InChI is InChI=1S/C28H24BrN3O6/c1-3-37-23-15-18(13-21-26(34)31-28(36)32(27(21)35)20-10-5-4-6-11-20)14-22(29)25(23)38-16-24(33)30-19-9-7-8-17(2)12-19/h4-15H,3,16H2,1-2H3,(H,30,33)(H,31,34,36)/b21-13+. The molecule has 5 amide bonds. The van der Waals surface area contributed by atoms with E-state index < -0.39 is 17.8 Å². The fourth-order valence-corrected chi connectivity index (χ4v) is 4.34. The van der Waals surface area contributed by atoms with E-state index in [1.165, 1.54) is 6.08 Å². The maximum Gasteiger partial charge on any atom is 0.335 e. The number of carbonyl (C=O) groups is 4. The summed E-state index contributed by atoms with van der Waals surface area (Å²) in [7, 11) is 0. The minimum absolute atomic E-state index is 0.228. The van der Waals surface area contributed by atoms with Gasteiger partial charge in [0.1, 0.15) is 5.57 Å². The molecule has 0 unspecified atom stereocenters. The second-order valence-electron chi connectivity index (χ2n) is 8.26. The molecule has 1 aliphatic heterocycles. The molecule has 0 radical (unpaired) electrons. The molecule has 10 heteroatoms. The van der Waals surface area contributed by atoms with Crippen molar-refractivity contribution in [3.8, 4) is 11.5 Å². The molecule has 0 saturated carbocycles. The molecule has 194 valence electrons. The van der Waals surface area contributed by atoms with Crippen LogP contribution in [0.1, 0.15) is 18.1 Å². The van der Waals surface area contributed by atoms with E-state index in [0.717, 1.165) is 10.5 Å². The first-order valence-electron chi connectivity index (χ1n) is 11.7. The third kappa shape index (κ3) is 6.09. The number of carbonyl (C=O) groups excluding carboxylic acids is 4. The van der Waals surface area contributed by atoms with Crippen molar-refractivity contribution in [2.75, 3.05) is 23.4 Å². The molecule has 1 heterocycles. The van der Waals surface area contributed by atoms with Gasteiger partial charge in [-0.2, -0.15) is 0 Å². The molecule has 0 aliphatic carbocycles. The summed E-state index contributed by atoms with van der Waals surface area (Å²) in [4.78, 5) is 51.4. The smallest absolute Gasteiger partial charge is 0.335 e. The largest absolute Gasteiger partial charge is 0.490 e. The van der Waals surface area contributed by atoms with Crippen molar-refractivity contribution >= 4 is 57.1 Å². The van der Waals surface area contributed by atoms with Gasteiger partial charge in [0.2, 0.25) is 0 Å². The van der Waals surface area contributed by atoms with Crippen LogP contribution in [0.3, 0.4) is 0 Å². The van der Waals surface area contributed by atoms with Crippen LogP contribution in [0.15, 0.2) is 76.8 Å². The molecule has 38 heavy (non-hydrogen) atoms. The Hall–Kier alpha value is -4.44. The third-order valence-electron chi connectivity index (χ3n) is 5.41. The van der Waals surface area contributed by atoms with Gasteiger partial charge >= 0.3 is 6.03 Å². The quantitative estimate of drug-likeness (QED) is 0.292. The van der Waals surface area contributed by atoms with Crippen LogP contribution in [0, 0.1) is 6.92 Å². The van der Waals surface area contributed by atoms with E-state index in [4.69, 9.17) is 9.47 Å². The Morgan fingerprint density at radius 2 is 1.79 bits per heavy atom. The van der Waals surface area contributed by atoms with Crippen LogP contribution in [-0.2, 0) is 14.4 Å². The third-order valence-corrected chi connectivity index (χ3v) is 6.00. The van der Waals surface area contributed by atoms with Crippen LogP contribution in [0.4, 0.5) is 16.2 Å². The maximum absolute atomic E-state index is 13.1. The van der Waals surface area contributed by atoms with E-state index >= 15 is 0 Å². The molecule has 0 atom stereocenters. The Balaban J connectivity index is 1.57. The van der Waals surface area contributed by atoms with Crippen molar-refractivity contribution in [1.82, 2.24) is 5.32 Å². The van der Waals surface area contributed by atoms with Crippen LogP contribution in [0.5, 0.6) is 11.5 Å². The van der Waals surface area contributed by atoms with Gasteiger partial charge < -0.3 is 14.8 Å². The average Bonchev–Trinajstić information content (AvgIpc) is 2.87. The van der Waals surface area contributed by atoms with Gasteiger partial charge in [0.05, 0.1) is 16.8 Å². The first-order valence-corrected chi connectivity index (χ1v) is 12.5. The van der Waals surface area contributed by atoms with Crippen LogP contribution < -0.4 is 25.0 Å². The highest BCUT2D eigenvalue weighted by Gasteiger charge is 2.36. The Bertz CT molecular complexity index is 1440. The van der Waals surface area contributed by atoms with E-state index in [1.807, 2.05) is 25.1 Å². The summed E-state index contributed by atoms with van der Waals surface area (Å²) in [5.41, 5.74) is 2.21. The van der Waals surface area contributed by atoms with Crippen molar-refractivity contribution in [3.63, 3.8) is 0 Å². The first-order chi connectivity index (χ1) is 18.3. The molecule has 4 rings (SSSR count). The summed E-state index contributed by atoms with van der Waals surface area (Å²) in [6, 6.07) is 18.1. The number of hydrogen-bond donors (Lipinski definition) is 2. The van der Waals surface area contributed by atoms with Crippen molar-refractivity contribution in [2.45, 2.75) is 13.8 Å². The summed E-state index contributed by atoms with van der Waals surface area (Å²) in [5.74, 6) is -1.33. The van der Waals surface area contributed by atoms with Gasteiger partial charge in [0.25, 0.3) is 17.7 Å². The number of nitrogens with zero attached hydrogens (tertiary/aromatic N) is 1. The number of urea groups is 1. The lowest BCUT2D eigenvalue weighted by Crippen LogP contribution is -2.54. The summed E-state index contributed by atoms with van der Waals surface area (Å²) < 4.78 is 11.9. The van der Waals surface area contributed by atoms with Gasteiger partial charge in [0, 0.05) is 5.69 Å². The molecular formula is C28H24BrN3O6. The number of para-hydroxylation sites is 1. The number of benzene rings is 3. The number of nitrogens with one attached hydrogen (secondary N) is 2. The summed E-state index contributed by atoms with van der Waals surface area (Å²) in [5, 5.41) is 4.97. The van der Waals surface area contributed by atoms with Crippen molar-refractivity contribution < 1.29 is 28.7 Å². The zero-order chi connectivity index (χ0) is 27.2. The van der Waals surface area contributed by atoms with E-state index in [9.17, 15) is 19.2 Å². The fraction of sp³-hybridized carbons (Fsp3) is 0.143. The van der Waals surface area contributed by atoms with Gasteiger partial charge in [-0.15, -0.1) is 0 Å². The zero-order valence-electron chi connectivity index (χ0n) is 20.6. The number of anilines is 2. The molecule has 3 aromatic carbocycles. The molecule has 1 fully saturated rings. The van der Waals surface area contributed by atoms with Gasteiger partial charge in [-0.1, -0.05) is 30.3 Å². The molecule has 0 spiro atoms. The topological polar surface area (TPSA) is 114 Å². The summed E-state index contributed by atoms with van der Waals surface area (Å²) in [6.45, 7) is 3.74.